The minimum absolute atomic E-state index is 0.00744. The van der Waals surface area contributed by atoms with Crippen molar-refractivity contribution in [3.8, 4) is 0 Å². The van der Waals surface area contributed by atoms with Crippen molar-refractivity contribution in [2.24, 2.45) is 0 Å². The molecule has 0 bridgehead atoms. The Labute approximate surface area is 595 Å². The number of ether oxygens (including phenoxy) is 1. The number of nitrogens with one attached hydrogen (secondary N) is 1. The van der Waals surface area contributed by atoms with Crippen molar-refractivity contribution >= 4 is 11.9 Å². The fraction of sp³-hybridized carbons (Fsp3) is 0.888. The predicted octanol–water partition coefficient (Wildman–Crippen LogP) is 29.1. The van der Waals surface area contributed by atoms with Crippen LogP contribution < -0.4 is 5.32 Å². The van der Waals surface area contributed by atoms with Crippen molar-refractivity contribution < 1.29 is 24.5 Å². The Balaban J connectivity index is 3.36. The maximum atomic E-state index is 12.6. The van der Waals surface area contributed by atoms with Crippen molar-refractivity contribution in [3.05, 3.63) is 48.6 Å². The molecule has 0 fully saturated rings. The number of carbonyl (C=O) groups excluding carboxylic acids is 2. The summed E-state index contributed by atoms with van der Waals surface area (Å²) in [5.41, 5.74) is 0. The molecule has 0 aliphatic rings. The largest absolute Gasteiger partial charge is 0.466 e. The molecular formula is C89H169NO5. The summed E-state index contributed by atoms with van der Waals surface area (Å²) in [4.78, 5) is 24.7. The quantitative estimate of drug-likeness (QED) is 0.0320. The number of aliphatic hydroxyl groups is 2. The monoisotopic (exact) mass is 1330 g/mol. The summed E-state index contributed by atoms with van der Waals surface area (Å²) in [5, 5.41) is 23.5. The molecule has 560 valence electrons. The van der Waals surface area contributed by atoms with Gasteiger partial charge in [0.1, 0.15) is 0 Å². The number of allylic oxidation sites excluding steroid dienone is 8. The molecule has 0 saturated heterocycles. The number of hydrogen-bond donors (Lipinski definition) is 3. The Morgan fingerprint density at radius 2 is 0.526 bits per heavy atom. The zero-order chi connectivity index (χ0) is 68.4. The van der Waals surface area contributed by atoms with Gasteiger partial charge in [0.15, 0.2) is 0 Å². The number of aliphatic hydroxyl groups excluding tert-OH is 2. The standard InChI is InChI=1S/C89H169NO5/c1-3-5-7-9-11-13-15-17-19-21-22-23-41-44-47-50-53-57-61-65-69-73-77-81-87(92)86(85-91)90-88(93)82-78-74-70-66-62-58-54-51-48-45-42-39-37-35-33-31-29-27-25-24-26-28-30-32-34-36-38-40-43-46-49-52-56-60-64-68-72-76-80-84-95-89(94)83-79-75-71-67-63-59-55-20-18-16-14-12-10-8-6-4-2/h14,16,20,24-25,28,30,55,86-87,91-92H,3-13,15,17-19,21-23,26-27,29,31-54,56-85H2,1-2H3,(H,90,93)/b16-14-,25-24-,30-28-,55-20-. The van der Waals surface area contributed by atoms with E-state index in [1.807, 2.05) is 0 Å². The second-order valence-corrected chi connectivity index (χ2v) is 29.9. The smallest absolute Gasteiger partial charge is 0.305 e. The SMILES string of the molecule is CCCCCC/C=C\C/C=C\CCCCCCCC(=O)OCCCCCCCCCCCCCCCCC/C=C\C/C=C\CCCCCCCCCCCCCCCCCCCC(=O)NC(CO)C(O)CCCCCCCCCCCCCCCCCCCCCCCCC. The van der Waals surface area contributed by atoms with Crippen molar-refractivity contribution in [1.29, 1.82) is 0 Å². The summed E-state index contributed by atoms with van der Waals surface area (Å²) in [6, 6.07) is -0.541. The lowest BCUT2D eigenvalue weighted by molar-refractivity contribution is -0.143. The molecule has 1 amide bonds. The average Bonchev–Trinajstić information content (AvgIpc) is 3.06. The third-order valence-corrected chi connectivity index (χ3v) is 20.4. The molecular weight excluding hydrogens is 1160 g/mol. The minimum atomic E-state index is -0.664. The highest BCUT2D eigenvalue weighted by molar-refractivity contribution is 5.76. The molecule has 95 heavy (non-hydrogen) atoms. The first-order valence-electron chi connectivity index (χ1n) is 43.4. The molecule has 0 aliphatic carbocycles. The van der Waals surface area contributed by atoms with Crippen LogP contribution in [-0.2, 0) is 14.3 Å². The van der Waals surface area contributed by atoms with E-state index in [0.717, 1.165) is 57.8 Å². The highest BCUT2D eigenvalue weighted by Gasteiger charge is 2.20. The number of unbranched alkanes of at least 4 members (excludes halogenated alkanes) is 63. The Hall–Kier alpha value is -2.18. The lowest BCUT2D eigenvalue weighted by Crippen LogP contribution is -2.45. The van der Waals surface area contributed by atoms with E-state index in [-0.39, 0.29) is 18.5 Å². The van der Waals surface area contributed by atoms with Crippen LogP contribution in [0.15, 0.2) is 48.6 Å². The van der Waals surface area contributed by atoms with Gasteiger partial charge in [-0.1, -0.05) is 428 Å². The summed E-state index contributed by atoms with van der Waals surface area (Å²) < 4.78 is 5.50. The average molecular weight is 1330 g/mol. The molecule has 0 spiro atoms. The number of amides is 1. The van der Waals surface area contributed by atoms with Gasteiger partial charge in [-0.15, -0.1) is 0 Å². The topological polar surface area (TPSA) is 95.9 Å². The van der Waals surface area contributed by atoms with E-state index in [2.05, 4.69) is 67.8 Å². The molecule has 2 unspecified atom stereocenters. The van der Waals surface area contributed by atoms with Crippen molar-refractivity contribution in [2.45, 2.75) is 495 Å². The Morgan fingerprint density at radius 1 is 0.295 bits per heavy atom. The van der Waals surface area contributed by atoms with Crippen molar-refractivity contribution in [3.63, 3.8) is 0 Å². The minimum Gasteiger partial charge on any atom is -0.466 e. The third kappa shape index (κ3) is 80.7. The summed E-state index contributed by atoms with van der Waals surface area (Å²) in [7, 11) is 0. The van der Waals surface area contributed by atoms with Crippen molar-refractivity contribution in [2.75, 3.05) is 13.2 Å². The van der Waals surface area contributed by atoms with Crippen LogP contribution in [0, 0.1) is 0 Å². The fourth-order valence-electron chi connectivity index (χ4n) is 13.8. The van der Waals surface area contributed by atoms with Gasteiger partial charge in [0.2, 0.25) is 5.91 Å². The maximum absolute atomic E-state index is 12.6. The van der Waals surface area contributed by atoms with Gasteiger partial charge in [0.25, 0.3) is 0 Å². The normalized spacial score (nSPS) is 12.7. The van der Waals surface area contributed by atoms with E-state index in [0.29, 0.717) is 25.9 Å². The first-order chi connectivity index (χ1) is 47.0. The molecule has 0 aliphatic heterocycles. The van der Waals surface area contributed by atoms with E-state index in [4.69, 9.17) is 4.74 Å². The first kappa shape index (κ1) is 92.8. The van der Waals surface area contributed by atoms with Gasteiger partial charge in [-0.3, -0.25) is 9.59 Å². The summed E-state index contributed by atoms with van der Waals surface area (Å²) in [6.07, 6.45) is 112. The molecule has 0 aromatic rings. The van der Waals surface area contributed by atoms with Crippen LogP contribution in [0.1, 0.15) is 483 Å². The molecule has 0 heterocycles. The predicted molar refractivity (Wildman–Crippen MR) is 421 cm³/mol. The van der Waals surface area contributed by atoms with Crippen LogP contribution in [0.3, 0.4) is 0 Å². The summed E-state index contributed by atoms with van der Waals surface area (Å²) in [6.45, 7) is 4.98. The number of carbonyl (C=O) groups is 2. The Bertz CT molecular complexity index is 1590. The molecule has 0 aromatic carbocycles. The summed E-state index contributed by atoms with van der Waals surface area (Å²) in [5.74, 6) is -0.0189. The number of rotatable bonds is 82. The Morgan fingerprint density at radius 3 is 0.811 bits per heavy atom. The van der Waals surface area contributed by atoms with Gasteiger partial charge >= 0.3 is 5.97 Å². The lowest BCUT2D eigenvalue weighted by Gasteiger charge is -2.22. The molecule has 6 nitrogen and oxygen atoms in total. The van der Waals surface area contributed by atoms with Crippen LogP contribution in [0.25, 0.3) is 0 Å². The zero-order valence-electron chi connectivity index (χ0n) is 64.4. The second kappa shape index (κ2) is 84.2. The number of hydrogen-bond acceptors (Lipinski definition) is 5. The maximum Gasteiger partial charge on any atom is 0.305 e. The summed E-state index contributed by atoms with van der Waals surface area (Å²) >= 11 is 0. The lowest BCUT2D eigenvalue weighted by atomic mass is 10.0. The van der Waals surface area contributed by atoms with Crippen LogP contribution in [0.4, 0.5) is 0 Å². The van der Waals surface area contributed by atoms with Crippen LogP contribution in [0.5, 0.6) is 0 Å². The van der Waals surface area contributed by atoms with E-state index in [9.17, 15) is 19.8 Å². The molecule has 0 rings (SSSR count). The van der Waals surface area contributed by atoms with Crippen molar-refractivity contribution in [1.82, 2.24) is 5.32 Å². The van der Waals surface area contributed by atoms with Gasteiger partial charge in [0.05, 0.1) is 25.4 Å². The third-order valence-electron chi connectivity index (χ3n) is 20.4. The van der Waals surface area contributed by atoms with E-state index < -0.39 is 12.1 Å². The van der Waals surface area contributed by atoms with Crippen LogP contribution in [0.2, 0.25) is 0 Å². The molecule has 0 aromatic heterocycles. The molecule has 0 saturated carbocycles. The van der Waals surface area contributed by atoms with E-state index in [1.54, 1.807) is 0 Å². The van der Waals surface area contributed by atoms with E-state index >= 15 is 0 Å². The zero-order valence-corrected chi connectivity index (χ0v) is 64.4. The Kier molecular flexibility index (Phi) is 82.3. The highest BCUT2D eigenvalue weighted by Crippen LogP contribution is 2.20. The number of esters is 1. The van der Waals surface area contributed by atoms with Gasteiger partial charge in [0, 0.05) is 12.8 Å². The molecule has 0 radical (unpaired) electrons. The first-order valence-corrected chi connectivity index (χ1v) is 43.4. The van der Waals surface area contributed by atoms with E-state index in [1.165, 1.54) is 392 Å². The molecule has 2 atom stereocenters. The van der Waals surface area contributed by atoms with Gasteiger partial charge in [-0.2, -0.15) is 0 Å². The van der Waals surface area contributed by atoms with Crippen LogP contribution >= 0.6 is 0 Å². The highest BCUT2D eigenvalue weighted by atomic mass is 16.5. The van der Waals surface area contributed by atoms with Crippen LogP contribution in [-0.4, -0.2) is 47.4 Å². The fourth-order valence-corrected chi connectivity index (χ4v) is 13.8. The molecule has 3 N–H and O–H groups in total. The van der Waals surface area contributed by atoms with Gasteiger partial charge in [-0.25, -0.2) is 0 Å². The second-order valence-electron chi connectivity index (χ2n) is 29.9. The van der Waals surface area contributed by atoms with Gasteiger partial charge < -0.3 is 20.3 Å². The molecule has 6 heteroatoms. The van der Waals surface area contributed by atoms with Gasteiger partial charge in [-0.05, 0) is 89.9 Å².